The highest BCUT2D eigenvalue weighted by Crippen LogP contribution is 2.19. The molecule has 0 fully saturated rings. The van der Waals surface area contributed by atoms with Crippen molar-refractivity contribution in [2.24, 2.45) is 11.7 Å². The fraction of sp³-hybridized carbons (Fsp3) is 0.588. The molecule has 3 N–H and O–H groups in total. The van der Waals surface area contributed by atoms with Gasteiger partial charge in [-0.15, -0.1) is 0 Å². The van der Waals surface area contributed by atoms with Gasteiger partial charge in [0.25, 0.3) is 0 Å². The maximum atomic E-state index is 12.3. The van der Waals surface area contributed by atoms with Crippen molar-refractivity contribution < 1.29 is 4.79 Å². The van der Waals surface area contributed by atoms with Crippen LogP contribution >= 0.6 is 0 Å². The minimum atomic E-state index is -0.220. The molecule has 20 heavy (non-hydrogen) atoms. The van der Waals surface area contributed by atoms with Crippen molar-refractivity contribution in [3.63, 3.8) is 0 Å². The van der Waals surface area contributed by atoms with Crippen LogP contribution in [0.3, 0.4) is 0 Å². The second-order valence-electron chi connectivity index (χ2n) is 6.74. The third-order valence-electron chi connectivity index (χ3n) is 3.57. The Morgan fingerprint density at radius 3 is 2.20 bits per heavy atom. The highest BCUT2D eigenvalue weighted by Gasteiger charge is 2.22. The van der Waals surface area contributed by atoms with Gasteiger partial charge in [0.2, 0.25) is 5.91 Å². The summed E-state index contributed by atoms with van der Waals surface area (Å²) in [4.78, 5) is 12.3. The van der Waals surface area contributed by atoms with Gasteiger partial charge in [-0.1, -0.05) is 12.1 Å². The zero-order valence-electron chi connectivity index (χ0n) is 13.6. The summed E-state index contributed by atoms with van der Waals surface area (Å²) in [5.74, 6) is -0.132. The molecule has 0 spiro atoms. The zero-order valence-corrected chi connectivity index (χ0v) is 13.6. The molecular formula is C17H28N2O. The van der Waals surface area contributed by atoms with Crippen LogP contribution in [-0.4, -0.2) is 18.0 Å². The van der Waals surface area contributed by atoms with E-state index in [2.05, 4.69) is 38.2 Å². The van der Waals surface area contributed by atoms with Crippen LogP contribution in [0.5, 0.6) is 0 Å². The Labute approximate surface area is 122 Å². The molecule has 0 aliphatic rings. The van der Waals surface area contributed by atoms with Gasteiger partial charge in [0.05, 0.1) is 5.92 Å². The normalized spacial score (nSPS) is 13.2. The molecule has 0 heterocycles. The molecule has 112 valence electrons. The SMILES string of the molecule is Cc1cc(C)c(CC(CN)C(=O)NC(C)(C)C)cc1C. The summed E-state index contributed by atoms with van der Waals surface area (Å²) < 4.78 is 0. The van der Waals surface area contributed by atoms with Crippen LogP contribution in [0.25, 0.3) is 0 Å². The molecule has 0 saturated heterocycles. The van der Waals surface area contributed by atoms with E-state index in [1.54, 1.807) is 0 Å². The first-order chi connectivity index (χ1) is 9.14. The van der Waals surface area contributed by atoms with Crippen LogP contribution in [0.1, 0.15) is 43.0 Å². The first-order valence-electron chi connectivity index (χ1n) is 7.23. The predicted molar refractivity (Wildman–Crippen MR) is 84.8 cm³/mol. The highest BCUT2D eigenvalue weighted by molar-refractivity contribution is 5.80. The summed E-state index contributed by atoms with van der Waals surface area (Å²) in [6.45, 7) is 12.6. The number of rotatable bonds is 4. The van der Waals surface area contributed by atoms with Gasteiger partial charge in [-0.25, -0.2) is 0 Å². The molecule has 1 aromatic rings. The molecule has 0 aliphatic carbocycles. The van der Waals surface area contributed by atoms with Crippen LogP contribution < -0.4 is 11.1 Å². The number of nitrogens with two attached hydrogens (primary N) is 1. The first kappa shape index (κ1) is 16.7. The number of carbonyl (C=O) groups is 1. The zero-order chi connectivity index (χ0) is 15.5. The van der Waals surface area contributed by atoms with E-state index in [0.29, 0.717) is 13.0 Å². The van der Waals surface area contributed by atoms with Crippen molar-refractivity contribution >= 4 is 5.91 Å². The molecular weight excluding hydrogens is 248 g/mol. The molecule has 1 rings (SSSR count). The van der Waals surface area contributed by atoms with Crippen molar-refractivity contribution in [2.75, 3.05) is 6.54 Å². The lowest BCUT2D eigenvalue weighted by molar-refractivity contribution is -0.126. The molecule has 0 bridgehead atoms. The van der Waals surface area contributed by atoms with Crippen molar-refractivity contribution in [1.29, 1.82) is 0 Å². The minimum Gasteiger partial charge on any atom is -0.351 e. The van der Waals surface area contributed by atoms with Crippen LogP contribution in [-0.2, 0) is 11.2 Å². The number of benzene rings is 1. The van der Waals surface area contributed by atoms with Crippen LogP contribution in [0, 0.1) is 26.7 Å². The Balaban J connectivity index is 2.89. The van der Waals surface area contributed by atoms with Crippen molar-refractivity contribution in [2.45, 2.75) is 53.5 Å². The minimum absolute atomic E-state index is 0.0395. The maximum absolute atomic E-state index is 12.3. The van der Waals surface area contributed by atoms with Gasteiger partial charge in [-0.05, 0) is 70.2 Å². The van der Waals surface area contributed by atoms with Gasteiger partial charge in [0.1, 0.15) is 0 Å². The summed E-state index contributed by atoms with van der Waals surface area (Å²) in [6, 6.07) is 4.36. The van der Waals surface area contributed by atoms with E-state index < -0.39 is 0 Å². The number of aryl methyl sites for hydroxylation is 3. The summed E-state index contributed by atoms with van der Waals surface area (Å²) in [5, 5.41) is 3.02. The molecule has 1 amide bonds. The Morgan fingerprint density at radius 2 is 1.70 bits per heavy atom. The highest BCUT2D eigenvalue weighted by atomic mass is 16.2. The molecule has 0 radical (unpaired) electrons. The fourth-order valence-electron chi connectivity index (χ4n) is 2.26. The van der Waals surface area contributed by atoms with E-state index >= 15 is 0 Å². The van der Waals surface area contributed by atoms with Crippen molar-refractivity contribution in [3.05, 3.63) is 34.4 Å². The standard InChI is InChI=1S/C17H28N2O/c1-11-7-13(3)14(8-12(11)2)9-15(10-18)16(20)19-17(4,5)6/h7-8,15H,9-10,18H2,1-6H3,(H,19,20). The number of nitrogens with one attached hydrogen (secondary N) is 1. The monoisotopic (exact) mass is 276 g/mol. The maximum Gasteiger partial charge on any atom is 0.225 e. The summed E-state index contributed by atoms with van der Waals surface area (Å²) in [6.07, 6.45) is 0.700. The van der Waals surface area contributed by atoms with E-state index in [1.165, 1.54) is 22.3 Å². The molecule has 1 aromatic carbocycles. The summed E-state index contributed by atoms with van der Waals surface area (Å²) in [7, 11) is 0. The van der Waals surface area contributed by atoms with Gasteiger partial charge >= 0.3 is 0 Å². The average molecular weight is 276 g/mol. The van der Waals surface area contributed by atoms with E-state index in [9.17, 15) is 4.79 Å². The molecule has 0 saturated carbocycles. The van der Waals surface area contributed by atoms with Crippen LogP contribution in [0.4, 0.5) is 0 Å². The Kier molecular flexibility index (Phi) is 5.35. The van der Waals surface area contributed by atoms with E-state index in [1.807, 2.05) is 20.8 Å². The predicted octanol–water partition coefficient (Wildman–Crippen LogP) is 2.64. The van der Waals surface area contributed by atoms with E-state index in [0.717, 1.165) is 0 Å². The van der Waals surface area contributed by atoms with Crippen LogP contribution in [0.2, 0.25) is 0 Å². The second-order valence-corrected chi connectivity index (χ2v) is 6.74. The number of hydrogen-bond donors (Lipinski definition) is 2. The average Bonchev–Trinajstić information content (AvgIpc) is 2.29. The Hall–Kier alpha value is -1.35. The third-order valence-corrected chi connectivity index (χ3v) is 3.57. The lowest BCUT2D eigenvalue weighted by atomic mass is 9.92. The van der Waals surface area contributed by atoms with Crippen molar-refractivity contribution in [3.8, 4) is 0 Å². The fourth-order valence-corrected chi connectivity index (χ4v) is 2.26. The van der Waals surface area contributed by atoms with Gasteiger partial charge in [-0.2, -0.15) is 0 Å². The Morgan fingerprint density at radius 1 is 1.15 bits per heavy atom. The molecule has 3 heteroatoms. The molecule has 1 atom stereocenters. The smallest absolute Gasteiger partial charge is 0.225 e. The number of amides is 1. The quantitative estimate of drug-likeness (QED) is 0.888. The molecule has 3 nitrogen and oxygen atoms in total. The molecule has 0 aromatic heterocycles. The topological polar surface area (TPSA) is 55.1 Å². The summed E-state index contributed by atoms with van der Waals surface area (Å²) >= 11 is 0. The lowest BCUT2D eigenvalue weighted by Gasteiger charge is -2.25. The molecule has 1 unspecified atom stereocenters. The van der Waals surface area contributed by atoms with E-state index in [4.69, 9.17) is 5.73 Å². The van der Waals surface area contributed by atoms with Gasteiger partial charge < -0.3 is 11.1 Å². The van der Waals surface area contributed by atoms with Gasteiger partial charge in [0.15, 0.2) is 0 Å². The number of hydrogen-bond acceptors (Lipinski definition) is 2. The molecule has 0 aliphatic heterocycles. The van der Waals surface area contributed by atoms with Gasteiger partial charge in [-0.3, -0.25) is 4.79 Å². The summed E-state index contributed by atoms with van der Waals surface area (Å²) in [5.41, 5.74) is 10.6. The Bertz CT molecular complexity index is 486. The second kappa shape index (κ2) is 6.40. The largest absolute Gasteiger partial charge is 0.351 e. The lowest BCUT2D eigenvalue weighted by Crippen LogP contribution is -2.46. The van der Waals surface area contributed by atoms with Crippen molar-refractivity contribution in [1.82, 2.24) is 5.32 Å². The number of carbonyl (C=O) groups excluding carboxylic acids is 1. The first-order valence-corrected chi connectivity index (χ1v) is 7.23. The third kappa shape index (κ3) is 4.64. The van der Waals surface area contributed by atoms with Gasteiger partial charge in [0, 0.05) is 12.1 Å². The van der Waals surface area contributed by atoms with E-state index in [-0.39, 0.29) is 17.4 Å². The van der Waals surface area contributed by atoms with Crippen LogP contribution in [0.15, 0.2) is 12.1 Å².